The highest BCUT2D eigenvalue weighted by Gasteiger charge is 2.18. The Bertz CT molecular complexity index is 574. The van der Waals surface area contributed by atoms with Gasteiger partial charge in [0.05, 0.1) is 16.9 Å². The molecular formula is C14H15Cl2N3. The van der Waals surface area contributed by atoms with Gasteiger partial charge in [-0.05, 0) is 44.1 Å². The van der Waals surface area contributed by atoms with Gasteiger partial charge in [-0.25, -0.2) is 4.98 Å². The van der Waals surface area contributed by atoms with Gasteiger partial charge in [-0.3, -0.25) is 0 Å². The van der Waals surface area contributed by atoms with E-state index in [0.29, 0.717) is 16.0 Å². The third-order valence-electron chi connectivity index (χ3n) is 3.54. The molecule has 0 bridgehead atoms. The summed E-state index contributed by atoms with van der Waals surface area (Å²) in [4.78, 5) is 7.89. The summed E-state index contributed by atoms with van der Waals surface area (Å²) in [5, 5.41) is 4.72. The Morgan fingerprint density at radius 2 is 1.95 bits per heavy atom. The maximum atomic E-state index is 6.21. The lowest BCUT2D eigenvalue weighted by atomic mass is 9.98. The molecule has 1 aromatic heterocycles. The van der Waals surface area contributed by atoms with Crippen molar-refractivity contribution < 1.29 is 0 Å². The average Bonchev–Trinajstić information content (AvgIpc) is 2.92. The number of benzene rings is 1. The molecule has 19 heavy (non-hydrogen) atoms. The van der Waals surface area contributed by atoms with Crippen LogP contribution < -0.4 is 5.32 Å². The van der Waals surface area contributed by atoms with Crippen molar-refractivity contribution in [3.05, 3.63) is 40.3 Å². The van der Waals surface area contributed by atoms with E-state index < -0.39 is 0 Å². The maximum absolute atomic E-state index is 6.21. The average molecular weight is 296 g/mol. The van der Waals surface area contributed by atoms with Gasteiger partial charge in [0, 0.05) is 16.5 Å². The molecule has 100 valence electrons. The number of nitrogens with one attached hydrogen (secondary N) is 2. The summed E-state index contributed by atoms with van der Waals surface area (Å²) in [5.74, 6) is 1.56. The number of aromatic nitrogens is 2. The highest BCUT2D eigenvalue weighted by atomic mass is 35.5. The smallest absolute Gasteiger partial charge is 0.109 e. The van der Waals surface area contributed by atoms with Gasteiger partial charge in [-0.2, -0.15) is 0 Å². The molecule has 0 spiro atoms. The Balaban J connectivity index is 1.89. The normalized spacial score (nSPS) is 16.7. The fraction of sp³-hybridized carbons (Fsp3) is 0.357. The molecule has 2 heterocycles. The number of H-pyrrole nitrogens is 1. The summed E-state index contributed by atoms with van der Waals surface area (Å²) in [5.41, 5.74) is 1.84. The Labute approximate surface area is 122 Å². The molecule has 1 aliphatic rings. The first-order valence-corrected chi connectivity index (χ1v) is 7.20. The van der Waals surface area contributed by atoms with Crippen LogP contribution in [0.1, 0.15) is 24.6 Å². The van der Waals surface area contributed by atoms with Gasteiger partial charge in [0.2, 0.25) is 0 Å². The molecule has 5 heteroatoms. The van der Waals surface area contributed by atoms with Crippen LogP contribution in [0.5, 0.6) is 0 Å². The number of halogens is 2. The summed E-state index contributed by atoms with van der Waals surface area (Å²) in [7, 11) is 0. The van der Waals surface area contributed by atoms with E-state index in [4.69, 9.17) is 23.2 Å². The third kappa shape index (κ3) is 2.78. The Hall–Kier alpha value is -1.03. The van der Waals surface area contributed by atoms with Crippen molar-refractivity contribution in [2.45, 2.75) is 18.8 Å². The predicted octanol–water partition coefficient (Wildman–Crippen LogP) is 3.85. The van der Waals surface area contributed by atoms with Gasteiger partial charge in [0.1, 0.15) is 5.82 Å². The van der Waals surface area contributed by atoms with E-state index in [1.807, 2.05) is 18.3 Å². The van der Waals surface area contributed by atoms with Crippen LogP contribution in [0.4, 0.5) is 0 Å². The molecule has 2 N–H and O–H groups in total. The third-order valence-corrected chi connectivity index (χ3v) is 4.10. The van der Waals surface area contributed by atoms with Crippen LogP contribution >= 0.6 is 23.2 Å². The first kappa shape index (κ1) is 13.0. The van der Waals surface area contributed by atoms with E-state index in [-0.39, 0.29) is 0 Å². The molecule has 2 aromatic rings. The van der Waals surface area contributed by atoms with E-state index in [9.17, 15) is 0 Å². The van der Waals surface area contributed by atoms with Gasteiger partial charge in [-0.1, -0.05) is 23.2 Å². The first-order valence-electron chi connectivity index (χ1n) is 6.45. The largest absolute Gasteiger partial charge is 0.342 e. The van der Waals surface area contributed by atoms with Crippen molar-refractivity contribution in [3.8, 4) is 11.3 Å². The molecule has 0 atom stereocenters. The van der Waals surface area contributed by atoms with Gasteiger partial charge >= 0.3 is 0 Å². The van der Waals surface area contributed by atoms with Crippen molar-refractivity contribution in [1.29, 1.82) is 0 Å². The van der Waals surface area contributed by atoms with E-state index in [1.165, 1.54) is 0 Å². The fourth-order valence-corrected chi connectivity index (χ4v) is 2.87. The summed E-state index contributed by atoms with van der Waals surface area (Å²) in [6, 6.07) is 5.46. The van der Waals surface area contributed by atoms with E-state index in [2.05, 4.69) is 15.3 Å². The van der Waals surface area contributed by atoms with Crippen molar-refractivity contribution >= 4 is 23.2 Å². The standard InChI is InChI=1S/C14H15Cl2N3/c15-10-1-2-12(16)11(7-10)13-8-18-14(19-13)9-3-5-17-6-4-9/h1-2,7-9,17H,3-6H2,(H,18,19). The van der Waals surface area contributed by atoms with Gasteiger partial charge in [-0.15, -0.1) is 0 Å². The van der Waals surface area contributed by atoms with Crippen LogP contribution in [-0.4, -0.2) is 23.1 Å². The van der Waals surface area contributed by atoms with E-state index >= 15 is 0 Å². The second-order valence-electron chi connectivity index (χ2n) is 4.83. The maximum Gasteiger partial charge on any atom is 0.109 e. The molecule has 3 rings (SSSR count). The van der Waals surface area contributed by atoms with Crippen LogP contribution in [0.25, 0.3) is 11.3 Å². The molecule has 1 fully saturated rings. The summed E-state index contributed by atoms with van der Waals surface area (Å²) >= 11 is 12.2. The molecule has 3 nitrogen and oxygen atoms in total. The number of hydrogen-bond donors (Lipinski definition) is 2. The predicted molar refractivity (Wildman–Crippen MR) is 78.9 cm³/mol. The van der Waals surface area contributed by atoms with Crippen molar-refractivity contribution in [3.63, 3.8) is 0 Å². The lowest BCUT2D eigenvalue weighted by Crippen LogP contribution is -2.27. The lowest BCUT2D eigenvalue weighted by molar-refractivity contribution is 0.447. The number of rotatable bonds is 2. The second kappa shape index (κ2) is 5.53. The summed E-state index contributed by atoms with van der Waals surface area (Å²) in [6.07, 6.45) is 4.08. The van der Waals surface area contributed by atoms with Crippen LogP contribution in [0.2, 0.25) is 10.0 Å². The van der Waals surface area contributed by atoms with Gasteiger partial charge in [0.25, 0.3) is 0 Å². The Morgan fingerprint density at radius 1 is 1.16 bits per heavy atom. The molecule has 1 saturated heterocycles. The zero-order valence-electron chi connectivity index (χ0n) is 10.4. The first-order chi connectivity index (χ1) is 9.24. The van der Waals surface area contributed by atoms with Crippen LogP contribution in [0.3, 0.4) is 0 Å². The van der Waals surface area contributed by atoms with Gasteiger partial charge in [0.15, 0.2) is 0 Å². The number of aromatic amines is 1. The van der Waals surface area contributed by atoms with Crippen LogP contribution in [0.15, 0.2) is 24.4 Å². The fourth-order valence-electron chi connectivity index (χ4n) is 2.48. The molecule has 1 aromatic carbocycles. The minimum absolute atomic E-state index is 0.507. The Morgan fingerprint density at radius 3 is 2.74 bits per heavy atom. The minimum Gasteiger partial charge on any atom is -0.342 e. The van der Waals surface area contributed by atoms with E-state index in [0.717, 1.165) is 43.0 Å². The van der Waals surface area contributed by atoms with Gasteiger partial charge < -0.3 is 10.3 Å². The molecule has 0 aliphatic carbocycles. The highest BCUT2D eigenvalue weighted by molar-refractivity contribution is 6.35. The number of imidazole rings is 1. The quantitative estimate of drug-likeness (QED) is 0.883. The molecular weight excluding hydrogens is 281 g/mol. The number of nitrogens with zero attached hydrogens (tertiary/aromatic N) is 1. The highest BCUT2D eigenvalue weighted by Crippen LogP contribution is 2.31. The topological polar surface area (TPSA) is 40.7 Å². The molecule has 0 amide bonds. The number of piperidine rings is 1. The monoisotopic (exact) mass is 295 g/mol. The second-order valence-corrected chi connectivity index (χ2v) is 5.67. The van der Waals surface area contributed by atoms with E-state index in [1.54, 1.807) is 6.07 Å². The zero-order chi connectivity index (χ0) is 13.2. The summed E-state index contributed by atoms with van der Waals surface area (Å²) in [6.45, 7) is 2.11. The van der Waals surface area contributed by atoms with Crippen molar-refractivity contribution in [2.24, 2.45) is 0 Å². The number of hydrogen-bond acceptors (Lipinski definition) is 2. The Kier molecular flexibility index (Phi) is 3.78. The zero-order valence-corrected chi connectivity index (χ0v) is 11.9. The molecule has 0 saturated carbocycles. The molecule has 1 aliphatic heterocycles. The minimum atomic E-state index is 0.507. The lowest BCUT2D eigenvalue weighted by Gasteiger charge is -2.20. The van der Waals surface area contributed by atoms with Crippen molar-refractivity contribution in [2.75, 3.05) is 13.1 Å². The summed E-state index contributed by atoms with van der Waals surface area (Å²) < 4.78 is 0. The van der Waals surface area contributed by atoms with Crippen LogP contribution in [-0.2, 0) is 0 Å². The van der Waals surface area contributed by atoms with Crippen LogP contribution in [0, 0.1) is 0 Å². The molecule has 0 radical (unpaired) electrons. The SMILES string of the molecule is Clc1ccc(Cl)c(-c2cnc(C3CCNCC3)[nH]2)c1. The van der Waals surface area contributed by atoms with Crippen molar-refractivity contribution in [1.82, 2.24) is 15.3 Å². The molecule has 0 unspecified atom stereocenters.